The molecule has 0 radical (unpaired) electrons. The van der Waals surface area contributed by atoms with Crippen LogP contribution in [0.25, 0.3) is 0 Å². The molecule has 0 fully saturated rings. The van der Waals surface area contributed by atoms with Crippen molar-refractivity contribution in [2.75, 3.05) is 7.11 Å². The molecular weight excluding hydrogens is 206 g/mol. The van der Waals surface area contributed by atoms with E-state index in [1.165, 1.54) is 13.2 Å². The van der Waals surface area contributed by atoms with Crippen molar-refractivity contribution >= 4 is 0 Å². The Morgan fingerprint density at radius 3 is 2.67 bits per heavy atom. The zero-order chi connectivity index (χ0) is 11.4. The highest BCUT2D eigenvalue weighted by Gasteiger charge is 2.20. The van der Waals surface area contributed by atoms with E-state index in [1.807, 2.05) is 0 Å². The fraction of sp³-hybridized carbons (Fsp3) is 0.444. The molecule has 1 aromatic heterocycles. The van der Waals surface area contributed by atoms with E-state index in [-0.39, 0.29) is 23.6 Å². The van der Waals surface area contributed by atoms with Crippen molar-refractivity contribution in [1.29, 1.82) is 0 Å². The van der Waals surface area contributed by atoms with Crippen molar-refractivity contribution in [3.8, 4) is 5.75 Å². The lowest BCUT2D eigenvalue weighted by atomic mass is 10.1. The molecule has 0 spiro atoms. The van der Waals surface area contributed by atoms with Gasteiger partial charge in [0.15, 0.2) is 0 Å². The average Bonchev–Trinajstić information content (AvgIpc) is 2.26. The second-order valence-corrected chi connectivity index (χ2v) is 2.84. The van der Waals surface area contributed by atoms with Crippen molar-refractivity contribution in [2.24, 2.45) is 5.73 Å². The van der Waals surface area contributed by atoms with E-state index in [0.29, 0.717) is 5.69 Å². The molecule has 0 saturated carbocycles. The fourth-order valence-electron chi connectivity index (χ4n) is 1.26. The normalized spacial score (nSPS) is 10.8. The Morgan fingerprint density at radius 2 is 2.27 bits per heavy atom. The van der Waals surface area contributed by atoms with Crippen molar-refractivity contribution in [2.45, 2.75) is 19.6 Å². The minimum absolute atomic E-state index is 0.00417. The smallest absolute Gasteiger partial charge is 0.269 e. The number of aliphatic hydroxyl groups excluding tert-OH is 1. The van der Waals surface area contributed by atoms with E-state index in [1.54, 1.807) is 0 Å². The number of alkyl halides is 2. The fourth-order valence-corrected chi connectivity index (χ4v) is 1.26. The second-order valence-electron chi connectivity index (χ2n) is 2.84. The lowest BCUT2D eigenvalue weighted by Crippen LogP contribution is -2.08. The van der Waals surface area contributed by atoms with Crippen LogP contribution in [0, 0.1) is 0 Å². The summed E-state index contributed by atoms with van der Waals surface area (Å²) in [5.41, 5.74) is 5.27. The minimum Gasteiger partial charge on any atom is -0.496 e. The first kappa shape index (κ1) is 11.8. The summed E-state index contributed by atoms with van der Waals surface area (Å²) in [5.74, 6) is 0.00417. The van der Waals surface area contributed by atoms with E-state index in [0.717, 1.165) is 0 Å². The molecule has 0 aliphatic heterocycles. The third kappa shape index (κ3) is 2.40. The maximum Gasteiger partial charge on any atom is 0.269 e. The van der Waals surface area contributed by atoms with E-state index in [9.17, 15) is 8.78 Å². The predicted molar refractivity (Wildman–Crippen MR) is 49.6 cm³/mol. The summed E-state index contributed by atoms with van der Waals surface area (Å²) in [7, 11) is 1.28. The van der Waals surface area contributed by atoms with Crippen LogP contribution in [-0.2, 0) is 13.2 Å². The number of nitrogens with two attached hydrogens (primary N) is 1. The first-order valence-electron chi connectivity index (χ1n) is 4.29. The minimum atomic E-state index is -2.73. The first-order valence-corrected chi connectivity index (χ1v) is 4.29. The van der Waals surface area contributed by atoms with Gasteiger partial charge in [0.05, 0.1) is 30.7 Å². The predicted octanol–water partition coefficient (Wildman–Crippen LogP) is 0.979. The topological polar surface area (TPSA) is 68.4 Å². The summed E-state index contributed by atoms with van der Waals surface area (Å²) in [5, 5.41) is 8.92. The van der Waals surface area contributed by atoms with E-state index < -0.39 is 13.0 Å². The van der Waals surface area contributed by atoms with E-state index in [4.69, 9.17) is 15.6 Å². The number of halogens is 2. The Balaban J connectivity index is 3.32. The van der Waals surface area contributed by atoms with Crippen LogP contribution in [0.5, 0.6) is 5.75 Å². The van der Waals surface area contributed by atoms with Crippen LogP contribution >= 0.6 is 0 Å². The number of hydrogen-bond acceptors (Lipinski definition) is 4. The summed E-state index contributed by atoms with van der Waals surface area (Å²) in [6.45, 7) is -0.462. The van der Waals surface area contributed by atoms with Crippen molar-refractivity contribution in [1.82, 2.24) is 4.98 Å². The Labute approximate surface area is 85.7 Å². The monoisotopic (exact) mass is 218 g/mol. The van der Waals surface area contributed by atoms with Crippen molar-refractivity contribution < 1.29 is 18.6 Å². The van der Waals surface area contributed by atoms with Crippen molar-refractivity contribution in [3.05, 3.63) is 23.0 Å². The summed E-state index contributed by atoms with van der Waals surface area (Å²) < 4.78 is 30.1. The number of nitrogens with zero attached hydrogens (tertiary/aromatic N) is 1. The lowest BCUT2D eigenvalue weighted by Gasteiger charge is -2.12. The molecule has 15 heavy (non-hydrogen) atoms. The quantitative estimate of drug-likeness (QED) is 0.790. The molecule has 0 bridgehead atoms. The molecule has 0 atom stereocenters. The molecular formula is C9H12F2N2O2. The number of aromatic nitrogens is 1. The molecule has 3 N–H and O–H groups in total. The highest BCUT2D eigenvalue weighted by Crippen LogP contribution is 2.31. The highest BCUT2D eigenvalue weighted by atomic mass is 19.3. The number of pyridine rings is 1. The lowest BCUT2D eigenvalue weighted by molar-refractivity contribution is 0.141. The van der Waals surface area contributed by atoms with Gasteiger partial charge in [-0.15, -0.1) is 0 Å². The Hall–Kier alpha value is -1.27. The van der Waals surface area contributed by atoms with Crippen LogP contribution in [0.15, 0.2) is 6.07 Å². The molecule has 0 aliphatic rings. The van der Waals surface area contributed by atoms with Gasteiger partial charge in [-0.2, -0.15) is 0 Å². The first-order chi connectivity index (χ1) is 7.13. The summed E-state index contributed by atoms with van der Waals surface area (Å²) in [6, 6.07) is 1.35. The number of ether oxygens (including phenoxy) is 1. The van der Waals surface area contributed by atoms with Crippen LogP contribution in [0.4, 0.5) is 8.78 Å². The number of aliphatic hydroxyl groups is 1. The second kappa shape index (κ2) is 4.99. The van der Waals surface area contributed by atoms with Crippen molar-refractivity contribution in [3.63, 3.8) is 0 Å². The maximum atomic E-state index is 12.6. The van der Waals surface area contributed by atoms with Crippen LogP contribution < -0.4 is 10.5 Å². The average molecular weight is 218 g/mol. The molecule has 84 valence electrons. The van der Waals surface area contributed by atoms with Gasteiger partial charge in [-0.1, -0.05) is 0 Å². The van der Waals surface area contributed by atoms with Gasteiger partial charge < -0.3 is 15.6 Å². The third-order valence-electron chi connectivity index (χ3n) is 1.95. The SMILES string of the molecule is COc1cc(CN)nc(CO)c1C(F)F. The number of methoxy groups -OCH3 is 1. The van der Waals surface area contributed by atoms with Crippen LogP contribution in [0.3, 0.4) is 0 Å². The number of hydrogen-bond donors (Lipinski definition) is 2. The van der Waals surface area contributed by atoms with Gasteiger partial charge in [0.1, 0.15) is 5.75 Å². The molecule has 0 unspecified atom stereocenters. The van der Waals surface area contributed by atoms with E-state index >= 15 is 0 Å². The van der Waals surface area contributed by atoms with Gasteiger partial charge in [-0.3, -0.25) is 4.98 Å². The molecule has 1 rings (SSSR count). The highest BCUT2D eigenvalue weighted by molar-refractivity contribution is 5.39. The molecule has 0 aliphatic carbocycles. The zero-order valence-electron chi connectivity index (χ0n) is 8.20. The summed E-state index contributed by atoms with van der Waals surface area (Å²) >= 11 is 0. The van der Waals surface area contributed by atoms with Gasteiger partial charge in [-0.25, -0.2) is 8.78 Å². The summed E-state index contributed by atoms with van der Waals surface area (Å²) in [6.07, 6.45) is -2.73. The Bertz CT molecular complexity index is 320. The van der Waals surface area contributed by atoms with Gasteiger partial charge in [0.25, 0.3) is 6.43 Å². The van der Waals surface area contributed by atoms with Gasteiger partial charge in [-0.05, 0) is 0 Å². The van der Waals surface area contributed by atoms with Crippen LogP contribution in [0.1, 0.15) is 23.4 Å². The van der Waals surface area contributed by atoms with Gasteiger partial charge in [0.2, 0.25) is 0 Å². The van der Waals surface area contributed by atoms with E-state index in [2.05, 4.69) is 4.98 Å². The van der Waals surface area contributed by atoms with Crippen LogP contribution in [0.2, 0.25) is 0 Å². The Morgan fingerprint density at radius 1 is 1.60 bits per heavy atom. The molecule has 6 heteroatoms. The molecule has 0 saturated heterocycles. The molecule has 1 heterocycles. The van der Waals surface area contributed by atoms with Gasteiger partial charge in [0, 0.05) is 12.6 Å². The third-order valence-corrected chi connectivity index (χ3v) is 1.95. The van der Waals surface area contributed by atoms with Crippen LogP contribution in [-0.4, -0.2) is 17.2 Å². The number of rotatable bonds is 4. The standard InChI is InChI=1S/C9H12F2N2O2/c1-15-7-2-5(3-12)13-6(4-14)8(7)9(10)11/h2,9,14H,3-4,12H2,1H3. The molecule has 1 aromatic rings. The maximum absolute atomic E-state index is 12.6. The molecule has 4 nitrogen and oxygen atoms in total. The Kier molecular flexibility index (Phi) is 3.93. The molecule has 0 aromatic carbocycles. The van der Waals surface area contributed by atoms with Gasteiger partial charge >= 0.3 is 0 Å². The zero-order valence-corrected chi connectivity index (χ0v) is 8.20. The summed E-state index contributed by atoms with van der Waals surface area (Å²) in [4.78, 5) is 3.80. The largest absolute Gasteiger partial charge is 0.496 e. The molecule has 0 amide bonds.